The van der Waals surface area contributed by atoms with E-state index in [1.165, 1.54) is 0 Å². The molecule has 15 heavy (non-hydrogen) atoms. The second-order valence-electron chi connectivity index (χ2n) is 3.61. The molecule has 1 fully saturated rings. The lowest BCUT2D eigenvalue weighted by molar-refractivity contribution is 0.137. The van der Waals surface area contributed by atoms with Crippen molar-refractivity contribution < 1.29 is 19.0 Å². The number of aliphatic hydroxyl groups excluding tert-OH is 1. The van der Waals surface area contributed by atoms with Crippen molar-refractivity contribution in [3.8, 4) is 0 Å². The first kappa shape index (κ1) is 12.5. The van der Waals surface area contributed by atoms with Gasteiger partial charge in [-0.3, -0.25) is 4.57 Å². The lowest BCUT2D eigenvalue weighted by Crippen LogP contribution is -2.33. The Bertz CT molecular complexity index is 284. The predicted octanol–water partition coefficient (Wildman–Crippen LogP) is 0.321. The van der Waals surface area contributed by atoms with E-state index in [2.05, 4.69) is 10.6 Å². The molecule has 0 aromatic rings. The van der Waals surface area contributed by atoms with E-state index in [9.17, 15) is 14.5 Å². The molecule has 0 radical (unpaired) electrons. The number of amides is 2. The Morgan fingerprint density at radius 1 is 1.53 bits per heavy atom. The van der Waals surface area contributed by atoms with Crippen LogP contribution < -0.4 is 10.6 Å². The van der Waals surface area contributed by atoms with E-state index in [0.717, 1.165) is 0 Å². The Hall–Kier alpha value is -0.580. The summed E-state index contributed by atoms with van der Waals surface area (Å²) in [5.74, 6) is 0. The summed E-state index contributed by atoms with van der Waals surface area (Å²) in [6, 6.07) is -0.777. The average Bonchev–Trinajstić information content (AvgIpc) is 2.42. The van der Waals surface area contributed by atoms with Gasteiger partial charge in [-0.15, -0.1) is 0 Å². The molecular weight excluding hydrogens is 219 g/mol. The van der Waals surface area contributed by atoms with Gasteiger partial charge in [0, 0.05) is 12.8 Å². The normalized spacial score (nSPS) is 29.4. The van der Waals surface area contributed by atoms with Crippen LogP contribution in [0.1, 0.15) is 13.3 Å². The van der Waals surface area contributed by atoms with Crippen molar-refractivity contribution in [3.05, 3.63) is 0 Å². The molecule has 2 amide bonds. The van der Waals surface area contributed by atoms with E-state index in [4.69, 9.17) is 4.52 Å². The van der Waals surface area contributed by atoms with Crippen LogP contribution in [0.15, 0.2) is 0 Å². The van der Waals surface area contributed by atoms with Crippen LogP contribution in [0, 0.1) is 0 Å². The van der Waals surface area contributed by atoms with E-state index >= 15 is 0 Å². The van der Waals surface area contributed by atoms with E-state index in [1.54, 1.807) is 13.6 Å². The smallest absolute Gasteiger partial charge is 0.317 e. The molecule has 0 saturated carbocycles. The van der Waals surface area contributed by atoms with E-state index < -0.39 is 19.6 Å². The monoisotopic (exact) mass is 236 g/mol. The zero-order chi connectivity index (χ0) is 11.5. The standard InChI is InChI=1S/C8H17N2O4P/c1-3-14-15(2,13)5-4-6-7(11)10-8(12)9-6/h6-7,11H,3-5H2,1-2H3,(H2,9,10,12). The molecule has 1 saturated heterocycles. The number of hydrogen-bond donors (Lipinski definition) is 3. The number of hydrogen-bond acceptors (Lipinski definition) is 4. The first-order chi connectivity index (χ1) is 6.94. The Morgan fingerprint density at radius 2 is 2.20 bits per heavy atom. The first-order valence-corrected chi connectivity index (χ1v) is 7.16. The van der Waals surface area contributed by atoms with E-state index in [-0.39, 0.29) is 6.04 Å². The molecule has 88 valence electrons. The van der Waals surface area contributed by atoms with Crippen molar-refractivity contribution in [1.82, 2.24) is 10.6 Å². The topological polar surface area (TPSA) is 87.7 Å². The zero-order valence-corrected chi connectivity index (χ0v) is 9.79. The minimum atomic E-state index is -2.58. The highest BCUT2D eigenvalue weighted by atomic mass is 31.2. The summed E-state index contributed by atoms with van der Waals surface area (Å²) < 4.78 is 16.8. The van der Waals surface area contributed by atoms with Crippen LogP contribution in [0.4, 0.5) is 4.79 Å². The molecule has 3 atom stereocenters. The Morgan fingerprint density at radius 3 is 2.67 bits per heavy atom. The van der Waals surface area contributed by atoms with Gasteiger partial charge in [0.1, 0.15) is 6.23 Å². The molecule has 6 nitrogen and oxygen atoms in total. The lowest BCUT2D eigenvalue weighted by atomic mass is 10.2. The van der Waals surface area contributed by atoms with Crippen LogP contribution in [0.2, 0.25) is 0 Å². The summed E-state index contributed by atoms with van der Waals surface area (Å²) in [5.41, 5.74) is 0. The van der Waals surface area contributed by atoms with Crippen molar-refractivity contribution in [3.63, 3.8) is 0 Å². The largest absolute Gasteiger partial charge is 0.371 e. The van der Waals surface area contributed by atoms with Crippen LogP contribution in [-0.2, 0) is 9.09 Å². The molecule has 0 aromatic carbocycles. The second-order valence-corrected chi connectivity index (χ2v) is 6.35. The molecule has 0 aromatic heterocycles. The summed E-state index contributed by atoms with van der Waals surface area (Å²) >= 11 is 0. The Labute approximate surface area is 88.8 Å². The number of aliphatic hydroxyl groups is 1. The maximum atomic E-state index is 11.7. The van der Waals surface area contributed by atoms with Crippen LogP contribution in [0.3, 0.4) is 0 Å². The molecule has 3 unspecified atom stereocenters. The quantitative estimate of drug-likeness (QED) is 0.600. The molecule has 1 aliphatic heterocycles. The number of rotatable bonds is 5. The SMILES string of the molecule is CCOP(C)(=O)CCC1NC(=O)NC1O. The minimum absolute atomic E-state index is 0.352. The molecule has 0 spiro atoms. The maximum Gasteiger partial charge on any atom is 0.317 e. The summed E-state index contributed by atoms with van der Waals surface area (Å²) in [5, 5.41) is 14.2. The van der Waals surface area contributed by atoms with Gasteiger partial charge in [-0.05, 0) is 13.3 Å². The third-order valence-electron chi connectivity index (χ3n) is 2.23. The number of carbonyl (C=O) groups excluding carboxylic acids is 1. The third kappa shape index (κ3) is 3.81. The van der Waals surface area contributed by atoms with Crippen molar-refractivity contribution >= 4 is 13.4 Å². The van der Waals surface area contributed by atoms with Gasteiger partial charge in [0.2, 0.25) is 0 Å². The van der Waals surface area contributed by atoms with Gasteiger partial charge in [-0.1, -0.05) is 0 Å². The Balaban J connectivity index is 2.37. The molecule has 7 heteroatoms. The summed E-state index contributed by atoms with van der Waals surface area (Å²) in [6.45, 7) is 3.75. The summed E-state index contributed by atoms with van der Waals surface area (Å²) in [4.78, 5) is 10.8. The lowest BCUT2D eigenvalue weighted by Gasteiger charge is -2.16. The molecule has 3 N–H and O–H groups in total. The fraction of sp³-hybridized carbons (Fsp3) is 0.875. The average molecular weight is 236 g/mol. The van der Waals surface area contributed by atoms with Gasteiger partial charge in [0.15, 0.2) is 7.37 Å². The van der Waals surface area contributed by atoms with Crippen LogP contribution in [-0.4, -0.2) is 42.8 Å². The molecule has 1 aliphatic rings. The number of urea groups is 1. The van der Waals surface area contributed by atoms with E-state index in [1.807, 2.05) is 0 Å². The molecular formula is C8H17N2O4P. The number of carbonyl (C=O) groups is 1. The van der Waals surface area contributed by atoms with E-state index in [0.29, 0.717) is 19.2 Å². The van der Waals surface area contributed by atoms with Gasteiger partial charge in [0.25, 0.3) is 0 Å². The van der Waals surface area contributed by atoms with Crippen molar-refractivity contribution in [2.24, 2.45) is 0 Å². The van der Waals surface area contributed by atoms with Crippen molar-refractivity contribution in [2.45, 2.75) is 25.6 Å². The molecule has 1 rings (SSSR count). The predicted molar refractivity (Wildman–Crippen MR) is 56.1 cm³/mol. The summed E-state index contributed by atoms with van der Waals surface area (Å²) in [7, 11) is -2.58. The second kappa shape index (κ2) is 4.96. The molecule has 1 heterocycles. The number of nitrogens with one attached hydrogen (secondary N) is 2. The highest BCUT2D eigenvalue weighted by Gasteiger charge is 2.31. The van der Waals surface area contributed by atoms with Gasteiger partial charge >= 0.3 is 6.03 Å². The Kier molecular flexibility index (Phi) is 4.13. The van der Waals surface area contributed by atoms with Crippen molar-refractivity contribution in [1.29, 1.82) is 0 Å². The highest BCUT2D eigenvalue weighted by Crippen LogP contribution is 2.43. The summed E-state index contributed by atoms with van der Waals surface area (Å²) in [6.07, 6.45) is -0.114. The fourth-order valence-corrected chi connectivity index (χ4v) is 2.89. The van der Waals surface area contributed by atoms with Gasteiger partial charge in [-0.2, -0.15) is 0 Å². The third-order valence-corrected chi connectivity index (χ3v) is 4.10. The van der Waals surface area contributed by atoms with Crippen LogP contribution in [0.5, 0.6) is 0 Å². The highest BCUT2D eigenvalue weighted by molar-refractivity contribution is 7.58. The van der Waals surface area contributed by atoms with Crippen molar-refractivity contribution in [2.75, 3.05) is 19.4 Å². The minimum Gasteiger partial charge on any atom is -0.371 e. The van der Waals surface area contributed by atoms with Gasteiger partial charge in [0.05, 0.1) is 12.6 Å². The van der Waals surface area contributed by atoms with Gasteiger partial charge in [-0.25, -0.2) is 4.79 Å². The van der Waals surface area contributed by atoms with Crippen LogP contribution in [0.25, 0.3) is 0 Å². The zero-order valence-electron chi connectivity index (χ0n) is 8.90. The maximum absolute atomic E-state index is 11.7. The van der Waals surface area contributed by atoms with Gasteiger partial charge < -0.3 is 20.3 Å². The fourth-order valence-electron chi connectivity index (χ4n) is 1.47. The first-order valence-electron chi connectivity index (χ1n) is 4.91. The molecule has 0 bridgehead atoms. The van der Waals surface area contributed by atoms with Crippen LogP contribution >= 0.6 is 7.37 Å². The molecule has 0 aliphatic carbocycles.